The van der Waals surface area contributed by atoms with Crippen molar-refractivity contribution in [1.82, 2.24) is 0 Å². The molecule has 0 unspecified atom stereocenters. The molecular weight excluding hydrogens is 198 g/mol. The van der Waals surface area contributed by atoms with Gasteiger partial charge in [-0.2, -0.15) is 0 Å². The van der Waals surface area contributed by atoms with Gasteiger partial charge in [-0.25, -0.2) is 0 Å². The van der Waals surface area contributed by atoms with Gasteiger partial charge in [0, 0.05) is 17.3 Å². The largest absolute Gasteiger partial charge is 0.384 e. The number of nitrogens with two attached hydrogens (primary N) is 1. The van der Waals surface area contributed by atoms with E-state index in [-0.39, 0.29) is 18.2 Å². The summed E-state index contributed by atoms with van der Waals surface area (Å²) in [5.41, 5.74) is 7.24. The van der Waals surface area contributed by atoms with Gasteiger partial charge < -0.3 is 11.1 Å². The van der Waals surface area contributed by atoms with Crippen molar-refractivity contribution in [2.75, 3.05) is 5.32 Å². The average Bonchev–Trinajstić information content (AvgIpc) is 2.89. The Labute approximate surface area is 89.6 Å². The van der Waals surface area contributed by atoms with Gasteiger partial charge in [0.1, 0.15) is 5.84 Å². The van der Waals surface area contributed by atoms with E-state index >= 15 is 0 Å². The predicted octanol–water partition coefficient (Wildman–Crippen LogP) is 1.97. The highest BCUT2D eigenvalue weighted by Gasteiger charge is 2.21. The van der Waals surface area contributed by atoms with Crippen LogP contribution in [0, 0.1) is 5.41 Å². The lowest BCUT2D eigenvalue weighted by Crippen LogP contribution is -2.14. The van der Waals surface area contributed by atoms with Crippen LogP contribution in [-0.4, -0.2) is 11.9 Å². The van der Waals surface area contributed by atoms with Gasteiger partial charge >= 0.3 is 0 Å². The molecule has 0 aromatic heterocycles. The molecule has 0 radical (unpaired) electrons. The minimum Gasteiger partial charge on any atom is -0.384 e. The van der Waals surface area contributed by atoms with Crippen LogP contribution in [0.25, 0.3) is 0 Å². The van der Waals surface area contributed by atoms with Crippen molar-refractivity contribution < 1.29 is 0 Å². The molecular formula is C10H14ClN3. The van der Waals surface area contributed by atoms with Gasteiger partial charge in [0.15, 0.2) is 0 Å². The summed E-state index contributed by atoms with van der Waals surface area (Å²) in [5.74, 6) is 0.128. The SMILES string of the molecule is Cl.N=C(N)c1ccccc1NC1CC1. The highest BCUT2D eigenvalue weighted by molar-refractivity contribution is 6.00. The number of anilines is 1. The summed E-state index contributed by atoms with van der Waals surface area (Å²) in [4.78, 5) is 0. The van der Waals surface area contributed by atoms with E-state index in [2.05, 4.69) is 5.32 Å². The Bertz CT molecular complexity index is 334. The van der Waals surface area contributed by atoms with Crippen LogP contribution in [0.2, 0.25) is 0 Å². The summed E-state index contributed by atoms with van der Waals surface area (Å²) in [7, 11) is 0. The van der Waals surface area contributed by atoms with E-state index in [4.69, 9.17) is 11.1 Å². The number of hydrogen-bond donors (Lipinski definition) is 3. The summed E-state index contributed by atoms with van der Waals surface area (Å²) < 4.78 is 0. The molecule has 0 amide bonds. The molecule has 4 N–H and O–H groups in total. The second kappa shape index (κ2) is 4.33. The molecule has 0 aliphatic heterocycles. The van der Waals surface area contributed by atoms with Gasteiger partial charge in [0.05, 0.1) is 0 Å². The number of para-hydroxylation sites is 1. The van der Waals surface area contributed by atoms with Crippen molar-refractivity contribution in [1.29, 1.82) is 5.41 Å². The minimum atomic E-state index is 0. The number of nitrogens with one attached hydrogen (secondary N) is 2. The zero-order chi connectivity index (χ0) is 9.26. The number of nitrogen functional groups attached to an aromatic ring is 1. The van der Waals surface area contributed by atoms with E-state index in [9.17, 15) is 0 Å². The second-order valence-corrected chi connectivity index (χ2v) is 3.38. The molecule has 1 aliphatic carbocycles. The minimum absolute atomic E-state index is 0. The maximum absolute atomic E-state index is 7.38. The lowest BCUT2D eigenvalue weighted by Gasteiger charge is -2.09. The Morgan fingerprint density at radius 3 is 2.57 bits per heavy atom. The first-order valence-corrected chi connectivity index (χ1v) is 4.47. The van der Waals surface area contributed by atoms with E-state index < -0.39 is 0 Å². The standard InChI is InChI=1S/C10H13N3.ClH/c11-10(12)8-3-1-2-4-9(8)13-7-5-6-7;/h1-4,7,13H,5-6H2,(H3,11,12);1H. The van der Waals surface area contributed by atoms with E-state index in [1.54, 1.807) is 0 Å². The summed E-state index contributed by atoms with van der Waals surface area (Å²) in [6, 6.07) is 8.29. The quantitative estimate of drug-likeness (QED) is 0.529. The first kappa shape index (κ1) is 10.9. The summed E-state index contributed by atoms with van der Waals surface area (Å²) in [5, 5.41) is 10.7. The Morgan fingerprint density at radius 1 is 1.36 bits per heavy atom. The van der Waals surface area contributed by atoms with Crippen LogP contribution in [0.3, 0.4) is 0 Å². The van der Waals surface area contributed by atoms with Gasteiger partial charge in [-0.3, -0.25) is 5.41 Å². The van der Waals surface area contributed by atoms with Crippen molar-refractivity contribution in [3.05, 3.63) is 29.8 Å². The van der Waals surface area contributed by atoms with Crippen molar-refractivity contribution in [2.24, 2.45) is 5.73 Å². The van der Waals surface area contributed by atoms with E-state index in [1.165, 1.54) is 12.8 Å². The number of amidine groups is 1. The lowest BCUT2D eigenvalue weighted by atomic mass is 10.1. The summed E-state index contributed by atoms with van der Waals surface area (Å²) >= 11 is 0. The molecule has 2 rings (SSSR count). The number of hydrogen-bond acceptors (Lipinski definition) is 2. The third-order valence-corrected chi connectivity index (χ3v) is 2.15. The molecule has 1 aliphatic rings. The maximum Gasteiger partial charge on any atom is 0.124 e. The molecule has 14 heavy (non-hydrogen) atoms. The molecule has 1 fully saturated rings. The molecule has 0 heterocycles. The second-order valence-electron chi connectivity index (χ2n) is 3.38. The fourth-order valence-electron chi connectivity index (χ4n) is 1.29. The smallest absolute Gasteiger partial charge is 0.124 e. The van der Waals surface area contributed by atoms with Crippen molar-refractivity contribution in [3.63, 3.8) is 0 Å². The van der Waals surface area contributed by atoms with Crippen LogP contribution in [0.4, 0.5) is 5.69 Å². The van der Waals surface area contributed by atoms with Crippen LogP contribution in [0.1, 0.15) is 18.4 Å². The highest BCUT2D eigenvalue weighted by Crippen LogP contribution is 2.26. The fraction of sp³-hybridized carbons (Fsp3) is 0.300. The van der Waals surface area contributed by atoms with Crippen molar-refractivity contribution >= 4 is 23.9 Å². The maximum atomic E-state index is 7.38. The first-order chi connectivity index (χ1) is 6.27. The van der Waals surface area contributed by atoms with Crippen molar-refractivity contribution in [3.8, 4) is 0 Å². The first-order valence-electron chi connectivity index (χ1n) is 4.47. The van der Waals surface area contributed by atoms with Crippen LogP contribution < -0.4 is 11.1 Å². The molecule has 0 atom stereocenters. The monoisotopic (exact) mass is 211 g/mol. The predicted molar refractivity (Wildman–Crippen MR) is 61.4 cm³/mol. The molecule has 1 aromatic rings. The molecule has 1 aromatic carbocycles. The van der Waals surface area contributed by atoms with E-state index in [1.807, 2.05) is 24.3 Å². The van der Waals surface area contributed by atoms with Gasteiger partial charge in [0.25, 0.3) is 0 Å². The lowest BCUT2D eigenvalue weighted by molar-refractivity contribution is 1.15. The van der Waals surface area contributed by atoms with Crippen LogP contribution >= 0.6 is 12.4 Å². The molecule has 1 saturated carbocycles. The third kappa shape index (κ3) is 2.39. The summed E-state index contributed by atoms with van der Waals surface area (Å²) in [6.07, 6.45) is 2.46. The van der Waals surface area contributed by atoms with E-state index in [0.29, 0.717) is 6.04 Å². The highest BCUT2D eigenvalue weighted by atomic mass is 35.5. The average molecular weight is 212 g/mol. The van der Waals surface area contributed by atoms with E-state index in [0.717, 1.165) is 11.3 Å². The fourth-order valence-corrected chi connectivity index (χ4v) is 1.29. The Kier molecular flexibility index (Phi) is 3.36. The van der Waals surface area contributed by atoms with Crippen LogP contribution in [0.5, 0.6) is 0 Å². The molecule has 0 spiro atoms. The van der Waals surface area contributed by atoms with Crippen LogP contribution in [0.15, 0.2) is 24.3 Å². The van der Waals surface area contributed by atoms with Gasteiger partial charge in [-0.1, -0.05) is 12.1 Å². The summed E-state index contributed by atoms with van der Waals surface area (Å²) in [6.45, 7) is 0. The van der Waals surface area contributed by atoms with Gasteiger partial charge in [0.2, 0.25) is 0 Å². The van der Waals surface area contributed by atoms with Gasteiger partial charge in [-0.05, 0) is 25.0 Å². The Hall–Kier alpha value is -1.22. The molecule has 0 saturated heterocycles. The Morgan fingerprint density at radius 2 is 2.00 bits per heavy atom. The number of benzene rings is 1. The zero-order valence-electron chi connectivity index (χ0n) is 7.79. The molecule has 3 nitrogen and oxygen atoms in total. The van der Waals surface area contributed by atoms with Gasteiger partial charge in [-0.15, -0.1) is 12.4 Å². The molecule has 76 valence electrons. The Balaban J connectivity index is 0.000000980. The molecule has 0 bridgehead atoms. The molecule has 4 heteroatoms. The zero-order valence-corrected chi connectivity index (χ0v) is 8.60. The van der Waals surface area contributed by atoms with Crippen LogP contribution in [-0.2, 0) is 0 Å². The normalized spacial score (nSPS) is 14.3. The number of halogens is 1. The number of rotatable bonds is 3. The topological polar surface area (TPSA) is 61.9 Å². The third-order valence-electron chi connectivity index (χ3n) is 2.15. The van der Waals surface area contributed by atoms with Crippen molar-refractivity contribution in [2.45, 2.75) is 18.9 Å².